The third-order valence-corrected chi connectivity index (χ3v) is 5.36. The predicted molar refractivity (Wildman–Crippen MR) is 75.9 cm³/mol. The van der Waals surface area contributed by atoms with E-state index in [1.165, 1.54) is 6.92 Å². The van der Waals surface area contributed by atoms with Gasteiger partial charge in [0.1, 0.15) is 0 Å². The van der Waals surface area contributed by atoms with Crippen LogP contribution in [0.2, 0.25) is 0 Å². The highest BCUT2D eigenvalue weighted by Crippen LogP contribution is 2.23. The van der Waals surface area contributed by atoms with Gasteiger partial charge < -0.3 is 10.1 Å². The quantitative estimate of drug-likeness (QED) is 0.812. The SMILES string of the molecule is COC(=O)C(C)S(=O)(=O)N1CC(=O)Nc2ccccc2C1. The molecule has 1 amide bonds. The molecule has 0 radical (unpaired) electrons. The molecule has 7 nitrogen and oxygen atoms in total. The van der Waals surface area contributed by atoms with Crippen molar-refractivity contribution in [3.63, 3.8) is 0 Å². The number of hydrogen-bond donors (Lipinski definition) is 1. The normalized spacial score (nSPS) is 17.3. The first-order valence-electron chi connectivity index (χ1n) is 6.31. The van der Waals surface area contributed by atoms with Gasteiger partial charge >= 0.3 is 5.97 Å². The van der Waals surface area contributed by atoms with Crippen LogP contribution in [0.1, 0.15) is 12.5 Å². The van der Waals surface area contributed by atoms with Gasteiger partial charge in [-0.25, -0.2) is 8.42 Å². The molecular formula is C13H16N2O5S. The van der Waals surface area contributed by atoms with Crippen molar-refractivity contribution in [2.45, 2.75) is 18.7 Å². The third kappa shape index (κ3) is 3.06. The van der Waals surface area contributed by atoms with Crippen LogP contribution in [0.25, 0.3) is 0 Å². The van der Waals surface area contributed by atoms with E-state index in [1.54, 1.807) is 24.3 Å². The maximum Gasteiger partial charge on any atom is 0.325 e. The van der Waals surface area contributed by atoms with Crippen molar-refractivity contribution in [1.82, 2.24) is 4.31 Å². The molecule has 1 atom stereocenters. The van der Waals surface area contributed by atoms with E-state index in [1.807, 2.05) is 0 Å². The molecule has 0 fully saturated rings. The summed E-state index contributed by atoms with van der Waals surface area (Å²) in [7, 11) is -2.85. The second kappa shape index (κ2) is 5.82. The Hall–Kier alpha value is -1.93. The first-order chi connectivity index (χ1) is 9.86. The average Bonchev–Trinajstić information content (AvgIpc) is 2.63. The number of benzene rings is 1. The van der Waals surface area contributed by atoms with E-state index in [0.29, 0.717) is 11.3 Å². The van der Waals surface area contributed by atoms with Crippen LogP contribution in [0.15, 0.2) is 24.3 Å². The van der Waals surface area contributed by atoms with Crippen molar-refractivity contribution in [1.29, 1.82) is 0 Å². The van der Waals surface area contributed by atoms with Crippen molar-refractivity contribution in [3.8, 4) is 0 Å². The van der Waals surface area contributed by atoms with Crippen molar-refractivity contribution < 1.29 is 22.7 Å². The smallest absolute Gasteiger partial charge is 0.325 e. The Morgan fingerprint density at radius 2 is 2.00 bits per heavy atom. The number of amides is 1. The predicted octanol–water partition coefficient (Wildman–Crippen LogP) is 0.332. The van der Waals surface area contributed by atoms with Gasteiger partial charge in [0.15, 0.2) is 5.25 Å². The summed E-state index contributed by atoms with van der Waals surface area (Å²) in [5.41, 5.74) is 1.25. The number of sulfonamides is 1. The second-order valence-corrected chi connectivity index (χ2v) is 6.94. The van der Waals surface area contributed by atoms with E-state index < -0.39 is 27.1 Å². The van der Waals surface area contributed by atoms with E-state index >= 15 is 0 Å². The summed E-state index contributed by atoms with van der Waals surface area (Å²) in [5.74, 6) is -1.30. The molecule has 1 aromatic carbocycles. The van der Waals surface area contributed by atoms with Crippen LogP contribution in [-0.4, -0.2) is 43.5 Å². The molecule has 0 aliphatic carbocycles. The van der Waals surface area contributed by atoms with Crippen LogP contribution >= 0.6 is 0 Å². The molecule has 0 saturated carbocycles. The van der Waals surface area contributed by atoms with Crippen LogP contribution in [0.5, 0.6) is 0 Å². The van der Waals surface area contributed by atoms with Crippen LogP contribution in [0.3, 0.4) is 0 Å². The highest BCUT2D eigenvalue weighted by atomic mass is 32.2. The Morgan fingerprint density at radius 1 is 1.33 bits per heavy atom. The van der Waals surface area contributed by atoms with Gasteiger partial charge in [0.05, 0.1) is 13.7 Å². The van der Waals surface area contributed by atoms with Gasteiger partial charge in [0.25, 0.3) is 0 Å². The number of nitrogens with one attached hydrogen (secondary N) is 1. The molecule has 1 aliphatic rings. The summed E-state index contributed by atoms with van der Waals surface area (Å²) in [6, 6.07) is 6.94. The van der Waals surface area contributed by atoms with E-state index in [2.05, 4.69) is 10.1 Å². The lowest BCUT2D eigenvalue weighted by Gasteiger charge is -2.22. The number of nitrogens with zero attached hydrogens (tertiary/aromatic N) is 1. The minimum absolute atomic E-state index is 0.0264. The molecule has 114 valence electrons. The standard InChI is InChI=1S/C13H16N2O5S/c1-9(13(17)20-2)21(18,19)15-7-10-5-3-4-6-11(10)14-12(16)8-15/h3-6,9H,7-8H2,1-2H3,(H,14,16). The Kier molecular flexibility index (Phi) is 4.29. The fourth-order valence-corrected chi connectivity index (χ4v) is 3.47. The van der Waals surface area contributed by atoms with Gasteiger partial charge in [-0.3, -0.25) is 9.59 Å². The molecule has 1 aliphatic heterocycles. The van der Waals surface area contributed by atoms with Gasteiger partial charge in [-0.2, -0.15) is 4.31 Å². The molecule has 21 heavy (non-hydrogen) atoms. The van der Waals surface area contributed by atoms with E-state index in [9.17, 15) is 18.0 Å². The Balaban J connectivity index is 2.36. The zero-order valence-corrected chi connectivity index (χ0v) is 12.5. The zero-order valence-electron chi connectivity index (χ0n) is 11.7. The summed E-state index contributed by atoms with van der Waals surface area (Å²) < 4.78 is 30.3. The van der Waals surface area contributed by atoms with Gasteiger partial charge in [-0.15, -0.1) is 0 Å². The second-order valence-electron chi connectivity index (χ2n) is 4.68. The van der Waals surface area contributed by atoms with E-state index in [-0.39, 0.29) is 13.1 Å². The first kappa shape index (κ1) is 15.5. The highest BCUT2D eigenvalue weighted by molar-refractivity contribution is 7.90. The molecule has 1 unspecified atom stereocenters. The van der Waals surface area contributed by atoms with Gasteiger partial charge in [0, 0.05) is 12.2 Å². The minimum atomic E-state index is -3.97. The summed E-state index contributed by atoms with van der Waals surface area (Å²) in [6.07, 6.45) is 0. The fraction of sp³-hybridized carbons (Fsp3) is 0.385. The molecule has 0 spiro atoms. The van der Waals surface area contributed by atoms with Crippen molar-refractivity contribution in [3.05, 3.63) is 29.8 Å². The molecule has 1 N–H and O–H groups in total. The maximum absolute atomic E-state index is 12.4. The molecule has 2 rings (SSSR count). The molecule has 8 heteroatoms. The number of fused-ring (bicyclic) bond motifs is 1. The van der Waals surface area contributed by atoms with Crippen LogP contribution in [-0.2, 0) is 30.9 Å². The number of carbonyl (C=O) groups is 2. The molecule has 0 bridgehead atoms. The zero-order chi connectivity index (χ0) is 15.6. The van der Waals surface area contributed by atoms with Crippen molar-refractivity contribution in [2.75, 3.05) is 19.0 Å². The van der Waals surface area contributed by atoms with Crippen LogP contribution in [0.4, 0.5) is 5.69 Å². The number of esters is 1. The lowest BCUT2D eigenvalue weighted by molar-refractivity contribution is -0.139. The van der Waals surface area contributed by atoms with Crippen molar-refractivity contribution in [2.24, 2.45) is 0 Å². The number of para-hydroxylation sites is 1. The summed E-state index contributed by atoms with van der Waals surface area (Å²) in [6.45, 7) is 0.937. The fourth-order valence-electron chi connectivity index (χ4n) is 2.07. The lowest BCUT2D eigenvalue weighted by Crippen LogP contribution is -2.43. The Bertz CT molecular complexity index is 671. The molecule has 1 heterocycles. The third-order valence-electron chi connectivity index (χ3n) is 3.30. The first-order valence-corrected chi connectivity index (χ1v) is 7.81. The molecule has 0 saturated heterocycles. The van der Waals surface area contributed by atoms with Crippen molar-refractivity contribution >= 4 is 27.6 Å². The molecule has 0 aromatic heterocycles. The Labute approximate surface area is 122 Å². The molecular weight excluding hydrogens is 296 g/mol. The van der Waals surface area contributed by atoms with Gasteiger partial charge in [0.2, 0.25) is 15.9 Å². The number of hydrogen-bond acceptors (Lipinski definition) is 5. The minimum Gasteiger partial charge on any atom is -0.468 e. The van der Waals surface area contributed by atoms with Crippen LogP contribution in [0, 0.1) is 0 Å². The summed E-state index contributed by atoms with van der Waals surface area (Å²) in [5, 5.41) is 1.28. The number of anilines is 1. The van der Waals surface area contributed by atoms with E-state index in [0.717, 1.165) is 11.4 Å². The maximum atomic E-state index is 12.4. The van der Waals surface area contributed by atoms with Crippen LogP contribution < -0.4 is 5.32 Å². The number of carbonyl (C=O) groups excluding carboxylic acids is 2. The highest BCUT2D eigenvalue weighted by Gasteiger charge is 2.37. The average molecular weight is 312 g/mol. The number of ether oxygens (including phenoxy) is 1. The topological polar surface area (TPSA) is 92.8 Å². The summed E-state index contributed by atoms with van der Waals surface area (Å²) in [4.78, 5) is 23.3. The monoisotopic (exact) mass is 312 g/mol. The van der Waals surface area contributed by atoms with Gasteiger partial charge in [-0.1, -0.05) is 18.2 Å². The largest absolute Gasteiger partial charge is 0.468 e. The summed E-state index contributed by atoms with van der Waals surface area (Å²) >= 11 is 0. The number of rotatable bonds is 3. The van der Waals surface area contributed by atoms with E-state index in [4.69, 9.17) is 0 Å². The molecule has 1 aromatic rings. The number of methoxy groups -OCH3 is 1. The lowest BCUT2D eigenvalue weighted by atomic mass is 10.2. The van der Waals surface area contributed by atoms with Gasteiger partial charge in [-0.05, 0) is 18.6 Å². The Morgan fingerprint density at radius 3 is 2.67 bits per heavy atom.